The monoisotopic (exact) mass is 1250 g/mol. The van der Waals surface area contributed by atoms with Crippen molar-refractivity contribution in [3.63, 3.8) is 0 Å². The molecule has 0 bridgehead atoms. The van der Waals surface area contributed by atoms with Gasteiger partial charge >= 0.3 is 36.8 Å². The number of ketones is 2. The summed E-state index contributed by atoms with van der Waals surface area (Å²) in [7, 11) is 2.80. The minimum Gasteiger partial charge on any atom is -0.481 e. The SMILES string of the molecule is C.C.C/C=C/CCc1cccc(C)c1.CCC#CCCCC(=O)OC.COC(=O)CCCC#CC[C@H]1C(=O)C[C@@H](C)C1/C=C/CCc1cccc(C)c1.C[C@H]1C=CC(=O)C1.Cc1cccc(CC/C=C/[C@@H]2[C@H]3CC(CCCCC(=O)O)=C[C@H]3C[C@H]2O)c1.[CH2-]CCC.[Li+]. The number of aliphatic hydroxyl groups is 1. The predicted octanol–water partition coefficient (Wildman–Crippen LogP) is 16.4. The van der Waals surface area contributed by atoms with E-state index in [0.29, 0.717) is 68.0 Å². The minimum absolute atomic E-state index is 0. The summed E-state index contributed by atoms with van der Waals surface area (Å²) in [6.45, 7) is 20.4. The number of carboxylic acids is 1. The summed E-state index contributed by atoms with van der Waals surface area (Å²) in [6.07, 6.45) is 39.4. The number of rotatable bonds is 24. The molecule has 4 aliphatic rings. The van der Waals surface area contributed by atoms with Gasteiger partial charge in [-0.3, -0.25) is 24.0 Å². The summed E-state index contributed by atoms with van der Waals surface area (Å²) in [4.78, 5) is 55.0. The molecule has 3 aromatic rings. The first kappa shape index (κ1) is 87.8. The van der Waals surface area contributed by atoms with Gasteiger partial charge in [0.25, 0.3) is 0 Å². The number of carboxylic acid groups (broad SMARTS) is 1. The third-order valence-corrected chi connectivity index (χ3v) is 16.2. The van der Waals surface area contributed by atoms with Crippen LogP contribution in [0.15, 0.2) is 133 Å². The van der Waals surface area contributed by atoms with Crippen LogP contribution in [-0.2, 0) is 52.7 Å². The van der Waals surface area contributed by atoms with Crippen molar-refractivity contribution in [1.29, 1.82) is 0 Å². The van der Waals surface area contributed by atoms with Gasteiger partial charge < -0.3 is 26.6 Å². The van der Waals surface area contributed by atoms with Gasteiger partial charge in [0.05, 0.1) is 20.3 Å². The van der Waals surface area contributed by atoms with E-state index in [0.717, 1.165) is 103 Å². The van der Waals surface area contributed by atoms with E-state index in [9.17, 15) is 29.1 Å². The number of aliphatic carboxylic acids is 1. The number of carbonyl (C=O) groups excluding carboxylic acids is 4. The number of hydrogen-bond acceptors (Lipinski definition) is 8. The molecule has 0 saturated heterocycles. The normalized spacial score (nSPS) is 19.5. The third kappa shape index (κ3) is 40.0. The topological polar surface area (TPSA) is 144 Å². The third-order valence-electron chi connectivity index (χ3n) is 16.2. The molecule has 0 amide bonds. The fourth-order valence-electron chi connectivity index (χ4n) is 11.3. The molecule has 502 valence electrons. The van der Waals surface area contributed by atoms with Crippen LogP contribution in [-0.4, -0.2) is 60.0 Å². The fourth-order valence-corrected chi connectivity index (χ4v) is 11.3. The van der Waals surface area contributed by atoms with Crippen LogP contribution in [0.1, 0.15) is 218 Å². The standard InChI is InChI=1S/C25H32O3.C24H32O3.C12H16.C9H14O2.C6H8O.C4H9.2CH4.Li/c1-19-11-10-13-21(17-19)12-8-9-14-22-20(2)18-24(26)23(22)15-6-4-5-7-16-25(27)28-3;1-17-7-6-10-18(13-17)8-2-4-11-21-22-15-19(9-3-5-12-24(26)27)14-20(22)16-23(21)25;1-3-4-5-8-12-9-6-7-11(2)10-12;1-3-4-5-6-7-8-9(10)11-2;1-5-2-3-6(7)4-5;1-3-4-2;;;/h9-11,13-14,17,20,22-23H,5,7-8,12,15-16,18H2,1-3H3;4,6-7,10-11,13-14,20-23,25H,2-3,5,8-9,12,15-16H2,1H3,(H,26,27);3-4,6-7,9-10H,5,8H2,1-2H3;3,6-8H2,1-2H3;2-3,5H,4H2,1H3;1,3-4H2,2H3;2*1H4;/q;;;;;-1;;;+1/b14-9+;11-4+;4-3+;;;;;;/t20-,22?,23-;20-,21+,22-,23+;;;5-;;;;/m10..0..../s1. The number of fused-ring (bicyclic) bond motifs is 1. The molecule has 3 aromatic carbocycles. The van der Waals surface area contributed by atoms with E-state index in [-0.39, 0.29) is 81.7 Å². The molecule has 4 aliphatic carbocycles. The Hall–Kier alpha value is -6.21. The van der Waals surface area contributed by atoms with Gasteiger partial charge in [-0.25, -0.2) is 0 Å². The second-order valence-electron chi connectivity index (χ2n) is 24.2. The largest absolute Gasteiger partial charge is 1.00 e. The number of hydrogen-bond donors (Lipinski definition) is 2. The minimum atomic E-state index is -0.703. The van der Waals surface area contributed by atoms with Gasteiger partial charge in [0, 0.05) is 69.6 Å². The Morgan fingerprint density at radius 2 is 1.16 bits per heavy atom. The van der Waals surface area contributed by atoms with Crippen LogP contribution in [0.3, 0.4) is 0 Å². The quantitative estimate of drug-likeness (QED) is 0.0224. The predicted molar refractivity (Wildman–Crippen MR) is 381 cm³/mol. The van der Waals surface area contributed by atoms with E-state index >= 15 is 0 Å². The van der Waals surface area contributed by atoms with Gasteiger partial charge in [-0.05, 0) is 164 Å². The van der Waals surface area contributed by atoms with Crippen molar-refractivity contribution in [3.05, 3.63) is 173 Å². The van der Waals surface area contributed by atoms with E-state index in [1.54, 1.807) is 6.08 Å². The smallest absolute Gasteiger partial charge is 0.481 e. The molecular weight excluding hydrogens is 1140 g/mol. The van der Waals surface area contributed by atoms with Gasteiger partial charge in [0.1, 0.15) is 5.78 Å². The zero-order chi connectivity index (χ0) is 65.6. The molecule has 9 nitrogen and oxygen atoms in total. The van der Waals surface area contributed by atoms with Gasteiger partial charge in [0.2, 0.25) is 0 Å². The Morgan fingerprint density at radius 3 is 1.59 bits per heavy atom. The number of aliphatic hydroxyl groups excluding tert-OH is 1. The number of carbonyl (C=O) groups is 5. The summed E-state index contributed by atoms with van der Waals surface area (Å²) >= 11 is 0. The molecule has 92 heavy (non-hydrogen) atoms. The van der Waals surface area contributed by atoms with Crippen molar-refractivity contribution in [2.75, 3.05) is 14.2 Å². The van der Waals surface area contributed by atoms with Crippen LogP contribution < -0.4 is 18.9 Å². The summed E-state index contributed by atoms with van der Waals surface area (Å²) < 4.78 is 9.09. The summed E-state index contributed by atoms with van der Waals surface area (Å²) in [5.74, 6) is 14.2. The van der Waals surface area contributed by atoms with Crippen LogP contribution >= 0.6 is 0 Å². The maximum Gasteiger partial charge on any atom is 1.00 e. The Morgan fingerprint density at radius 1 is 0.663 bits per heavy atom. The van der Waals surface area contributed by atoms with Crippen molar-refractivity contribution in [1.82, 2.24) is 0 Å². The molecule has 7 rings (SSSR count). The number of benzene rings is 3. The number of unbranched alkanes of at least 4 members (excludes halogenated alkanes) is 4. The van der Waals surface area contributed by atoms with Crippen LogP contribution in [0.5, 0.6) is 0 Å². The average Bonchev–Trinajstić information content (AvgIpc) is 1.65. The first-order valence-corrected chi connectivity index (χ1v) is 33.2. The summed E-state index contributed by atoms with van der Waals surface area (Å²) in [6, 6.07) is 26.0. The molecule has 2 N–H and O–H groups in total. The van der Waals surface area contributed by atoms with Gasteiger partial charge in [-0.1, -0.05) is 193 Å². The summed E-state index contributed by atoms with van der Waals surface area (Å²) in [5, 5.41) is 19.2. The van der Waals surface area contributed by atoms with Crippen LogP contribution in [0.4, 0.5) is 0 Å². The first-order valence-electron chi connectivity index (χ1n) is 33.2. The van der Waals surface area contributed by atoms with Crippen LogP contribution in [0, 0.1) is 92.8 Å². The number of methoxy groups -OCH3 is 2. The first-order chi connectivity index (χ1) is 42.9. The molecule has 0 radical (unpaired) electrons. The van der Waals surface area contributed by atoms with Crippen LogP contribution in [0.2, 0.25) is 0 Å². The number of ether oxygens (including phenoxy) is 2. The van der Waals surface area contributed by atoms with E-state index in [4.69, 9.17) is 5.11 Å². The van der Waals surface area contributed by atoms with Crippen molar-refractivity contribution in [2.45, 2.75) is 230 Å². The molecule has 0 aromatic heterocycles. The Bertz CT molecular complexity index is 2830. The maximum absolute atomic E-state index is 12.4. The molecule has 2 fully saturated rings. The zero-order valence-corrected chi connectivity index (χ0v) is 57.2. The summed E-state index contributed by atoms with van der Waals surface area (Å²) in [5.41, 5.74) is 9.59. The molecule has 2 saturated carbocycles. The van der Waals surface area contributed by atoms with E-state index < -0.39 is 5.97 Å². The van der Waals surface area contributed by atoms with Crippen molar-refractivity contribution in [3.8, 4) is 23.7 Å². The number of Topliss-reactive ketones (excluding diaryl/α,β-unsaturated/α-hetero) is 1. The van der Waals surface area contributed by atoms with Crippen molar-refractivity contribution in [2.24, 2.45) is 41.4 Å². The number of aryl methyl sites for hydroxylation is 6. The molecular formula is C82H119LiO9. The Balaban J connectivity index is 0. The van der Waals surface area contributed by atoms with Crippen molar-refractivity contribution < 1.29 is 62.5 Å². The Kier molecular flexibility index (Phi) is 51.8. The number of allylic oxidation sites excluding steroid dienone is 9. The van der Waals surface area contributed by atoms with Gasteiger partial charge in [-0.15, -0.1) is 23.7 Å². The van der Waals surface area contributed by atoms with Gasteiger partial charge in [-0.2, -0.15) is 6.42 Å². The zero-order valence-electron chi connectivity index (χ0n) is 57.2. The van der Waals surface area contributed by atoms with E-state index in [1.807, 2.05) is 19.9 Å². The molecule has 8 atom stereocenters. The van der Waals surface area contributed by atoms with Crippen molar-refractivity contribution >= 4 is 29.5 Å². The molecule has 0 aliphatic heterocycles. The van der Waals surface area contributed by atoms with Gasteiger partial charge in [0.15, 0.2) is 5.78 Å². The Labute approximate surface area is 571 Å². The molecule has 0 heterocycles. The second kappa shape index (κ2) is 54.2. The number of esters is 2. The molecule has 1 unspecified atom stereocenters. The van der Waals surface area contributed by atoms with Crippen LogP contribution in [0.25, 0.3) is 0 Å². The van der Waals surface area contributed by atoms with E-state index in [2.05, 4.69) is 197 Å². The maximum atomic E-state index is 12.4. The molecule has 0 spiro atoms. The fraction of sp³-hybridized carbons (Fsp3) is 0.537. The molecule has 10 heteroatoms. The average molecular weight is 1260 g/mol. The van der Waals surface area contributed by atoms with E-state index in [1.165, 1.54) is 59.6 Å². The second-order valence-corrected chi connectivity index (χ2v) is 24.2.